The number of anilines is 1. The number of allylic oxidation sites excluding steroid dienone is 1. The lowest BCUT2D eigenvalue weighted by Gasteiger charge is -2.11. The highest BCUT2D eigenvalue weighted by Gasteiger charge is 2.31. The lowest BCUT2D eigenvalue weighted by atomic mass is 10.0. The van der Waals surface area contributed by atoms with Crippen LogP contribution in [0.5, 0.6) is 0 Å². The summed E-state index contributed by atoms with van der Waals surface area (Å²) in [6, 6.07) is 6.84. The molecule has 1 N–H and O–H groups in total. The number of pyridine rings is 2. The molecule has 0 radical (unpaired) electrons. The summed E-state index contributed by atoms with van der Waals surface area (Å²) in [5.41, 5.74) is 2.55. The Kier molecular flexibility index (Phi) is 6.28. The first-order chi connectivity index (χ1) is 16.1. The van der Waals surface area contributed by atoms with Crippen LogP contribution in [0.3, 0.4) is 0 Å². The van der Waals surface area contributed by atoms with E-state index in [1.54, 1.807) is 18.3 Å². The van der Waals surface area contributed by atoms with Crippen molar-refractivity contribution in [2.45, 2.75) is 32.5 Å². The standard InChI is InChI=1S/C25H19F4N3O2/c1-14(33)16-5-18-7-21(13-32-23(18)8-16)31-10-15-2-3-22(26)17(4-15)9-24(34)19-6-20(12-30-11-19)25(27,28)29/h2-7,11-13,31H,8-10H2,1H3. The quantitative estimate of drug-likeness (QED) is 0.380. The van der Waals surface area contributed by atoms with Crippen LogP contribution in [0.1, 0.15) is 45.2 Å². The Morgan fingerprint density at radius 1 is 1.09 bits per heavy atom. The van der Waals surface area contributed by atoms with Crippen LogP contribution in [0.2, 0.25) is 0 Å². The van der Waals surface area contributed by atoms with Crippen LogP contribution >= 0.6 is 0 Å². The first kappa shape index (κ1) is 23.3. The average molecular weight is 469 g/mol. The molecule has 34 heavy (non-hydrogen) atoms. The molecule has 0 atom stereocenters. The molecule has 0 saturated heterocycles. The number of ketones is 2. The van der Waals surface area contributed by atoms with E-state index >= 15 is 0 Å². The fourth-order valence-electron chi connectivity index (χ4n) is 3.62. The Labute approximate surface area is 192 Å². The van der Waals surface area contributed by atoms with Gasteiger partial charge in [0.25, 0.3) is 0 Å². The maximum absolute atomic E-state index is 14.3. The number of carbonyl (C=O) groups excluding carboxylic acids is 2. The number of carbonyl (C=O) groups is 2. The van der Waals surface area contributed by atoms with Crippen molar-refractivity contribution >= 4 is 23.3 Å². The minimum Gasteiger partial charge on any atom is -0.380 e. The summed E-state index contributed by atoms with van der Waals surface area (Å²) < 4.78 is 53.0. The minimum atomic E-state index is -4.63. The molecule has 0 bridgehead atoms. The smallest absolute Gasteiger partial charge is 0.380 e. The number of benzene rings is 1. The van der Waals surface area contributed by atoms with E-state index in [1.807, 2.05) is 6.07 Å². The summed E-state index contributed by atoms with van der Waals surface area (Å²) in [5.74, 6) is -1.29. The van der Waals surface area contributed by atoms with Crippen molar-refractivity contribution in [1.82, 2.24) is 9.97 Å². The summed E-state index contributed by atoms with van der Waals surface area (Å²) in [6.45, 7) is 1.81. The largest absolute Gasteiger partial charge is 0.417 e. The Bertz CT molecular complexity index is 1320. The van der Waals surface area contributed by atoms with Crippen LogP contribution < -0.4 is 5.32 Å². The maximum Gasteiger partial charge on any atom is 0.417 e. The van der Waals surface area contributed by atoms with E-state index in [4.69, 9.17) is 0 Å². The summed E-state index contributed by atoms with van der Waals surface area (Å²) in [4.78, 5) is 31.9. The molecule has 0 unspecified atom stereocenters. The van der Waals surface area contributed by atoms with Gasteiger partial charge in [-0.1, -0.05) is 12.1 Å². The lowest BCUT2D eigenvalue weighted by Crippen LogP contribution is -2.11. The number of fused-ring (bicyclic) bond motifs is 1. The van der Waals surface area contributed by atoms with Crippen LogP contribution in [0.15, 0.2) is 54.5 Å². The molecule has 0 spiro atoms. The van der Waals surface area contributed by atoms with Gasteiger partial charge in [-0.3, -0.25) is 19.6 Å². The van der Waals surface area contributed by atoms with E-state index in [1.165, 1.54) is 19.1 Å². The van der Waals surface area contributed by atoms with Crippen molar-refractivity contribution in [3.05, 3.63) is 93.8 Å². The molecule has 1 aliphatic rings. The van der Waals surface area contributed by atoms with Gasteiger partial charge in [0.15, 0.2) is 11.6 Å². The molecule has 4 rings (SSSR count). The average Bonchev–Trinajstić information content (AvgIpc) is 3.23. The van der Waals surface area contributed by atoms with Gasteiger partial charge < -0.3 is 5.32 Å². The summed E-state index contributed by atoms with van der Waals surface area (Å²) in [6.07, 6.45) is 0.589. The fraction of sp³-hybridized carbons (Fsp3) is 0.200. The zero-order chi connectivity index (χ0) is 24.5. The molecule has 2 heterocycles. The Morgan fingerprint density at radius 3 is 2.62 bits per heavy atom. The second-order valence-corrected chi connectivity index (χ2v) is 8.00. The third-order valence-corrected chi connectivity index (χ3v) is 5.49. The number of alkyl halides is 3. The second-order valence-electron chi connectivity index (χ2n) is 8.00. The molecule has 3 aromatic rings. The van der Waals surface area contributed by atoms with Crippen molar-refractivity contribution in [2.75, 3.05) is 5.32 Å². The highest BCUT2D eigenvalue weighted by Crippen LogP contribution is 2.29. The molecule has 9 heteroatoms. The summed E-state index contributed by atoms with van der Waals surface area (Å²) in [7, 11) is 0. The van der Waals surface area contributed by atoms with E-state index in [0.29, 0.717) is 42.1 Å². The number of nitrogens with zero attached hydrogens (tertiary/aromatic N) is 2. The van der Waals surface area contributed by atoms with Gasteiger partial charge in [0.2, 0.25) is 0 Å². The number of Topliss-reactive ketones (excluding diaryl/α,β-unsaturated/α-hetero) is 2. The van der Waals surface area contributed by atoms with Gasteiger partial charge in [-0.2, -0.15) is 13.2 Å². The SMILES string of the molecule is CC(=O)C1=Cc2cc(NCc3ccc(F)c(CC(=O)c4cncc(C(F)(F)F)c4)c3)cnc2C1. The zero-order valence-corrected chi connectivity index (χ0v) is 18.0. The van der Waals surface area contributed by atoms with Gasteiger partial charge in [0.05, 0.1) is 23.1 Å². The monoisotopic (exact) mass is 469 g/mol. The van der Waals surface area contributed by atoms with Gasteiger partial charge in [-0.25, -0.2) is 4.39 Å². The predicted molar refractivity (Wildman–Crippen MR) is 118 cm³/mol. The van der Waals surface area contributed by atoms with Crippen LogP contribution in [0.25, 0.3) is 6.08 Å². The first-order valence-electron chi connectivity index (χ1n) is 10.4. The van der Waals surface area contributed by atoms with E-state index in [9.17, 15) is 27.2 Å². The van der Waals surface area contributed by atoms with E-state index < -0.39 is 29.8 Å². The Hall–Kier alpha value is -3.88. The van der Waals surface area contributed by atoms with Crippen LogP contribution in [-0.2, 0) is 30.4 Å². The molecule has 2 aromatic heterocycles. The topological polar surface area (TPSA) is 72.0 Å². The molecule has 0 aliphatic heterocycles. The van der Waals surface area contributed by atoms with Crippen molar-refractivity contribution in [2.24, 2.45) is 0 Å². The number of rotatable bonds is 7. The highest BCUT2D eigenvalue weighted by molar-refractivity contribution is 6.00. The van der Waals surface area contributed by atoms with Crippen LogP contribution in [0, 0.1) is 5.82 Å². The molecule has 1 aromatic carbocycles. The molecule has 5 nitrogen and oxygen atoms in total. The summed E-state index contributed by atoms with van der Waals surface area (Å²) in [5, 5.41) is 3.17. The number of hydrogen-bond acceptors (Lipinski definition) is 5. The molecular formula is C25H19F4N3O2. The second kappa shape index (κ2) is 9.17. The number of aromatic nitrogens is 2. The molecule has 0 saturated carbocycles. The molecule has 0 amide bonds. The number of hydrogen-bond donors (Lipinski definition) is 1. The zero-order valence-electron chi connectivity index (χ0n) is 18.0. The van der Waals surface area contributed by atoms with Crippen LogP contribution in [0.4, 0.5) is 23.2 Å². The van der Waals surface area contributed by atoms with Crippen molar-refractivity contribution in [1.29, 1.82) is 0 Å². The number of halogens is 4. The predicted octanol–water partition coefficient (Wildman–Crippen LogP) is 5.20. The summed E-state index contributed by atoms with van der Waals surface area (Å²) >= 11 is 0. The van der Waals surface area contributed by atoms with Gasteiger partial charge in [0, 0.05) is 42.9 Å². The minimum absolute atomic E-state index is 0.00168. The Balaban J connectivity index is 1.46. The molecule has 1 aliphatic carbocycles. The fourth-order valence-corrected chi connectivity index (χ4v) is 3.62. The van der Waals surface area contributed by atoms with Gasteiger partial charge in [-0.05, 0) is 47.9 Å². The molecule has 174 valence electrons. The van der Waals surface area contributed by atoms with Crippen molar-refractivity contribution in [3.8, 4) is 0 Å². The highest BCUT2D eigenvalue weighted by atomic mass is 19.4. The van der Waals surface area contributed by atoms with Gasteiger partial charge in [0.1, 0.15) is 5.82 Å². The molecule has 0 fully saturated rings. The van der Waals surface area contributed by atoms with E-state index in [2.05, 4.69) is 15.3 Å². The third-order valence-electron chi connectivity index (χ3n) is 5.49. The van der Waals surface area contributed by atoms with Crippen molar-refractivity contribution < 1.29 is 27.2 Å². The lowest BCUT2D eigenvalue weighted by molar-refractivity contribution is -0.137. The normalized spacial score (nSPS) is 12.8. The Morgan fingerprint density at radius 2 is 1.88 bits per heavy atom. The van der Waals surface area contributed by atoms with Crippen molar-refractivity contribution in [3.63, 3.8) is 0 Å². The molecular weight excluding hydrogens is 450 g/mol. The third kappa shape index (κ3) is 5.19. The number of nitrogens with one attached hydrogen (secondary N) is 1. The van der Waals surface area contributed by atoms with Gasteiger partial charge in [-0.15, -0.1) is 0 Å². The van der Waals surface area contributed by atoms with E-state index in [0.717, 1.165) is 17.5 Å². The van der Waals surface area contributed by atoms with E-state index in [-0.39, 0.29) is 16.9 Å². The first-order valence-corrected chi connectivity index (χ1v) is 10.4. The maximum atomic E-state index is 14.3. The van der Waals surface area contributed by atoms with Crippen LogP contribution in [-0.4, -0.2) is 21.5 Å². The van der Waals surface area contributed by atoms with Gasteiger partial charge >= 0.3 is 6.18 Å².